The topological polar surface area (TPSA) is 122 Å². The zero-order chi connectivity index (χ0) is 30.1. The van der Waals surface area contributed by atoms with E-state index in [4.69, 9.17) is 10.5 Å². The number of benzene rings is 1. The van der Waals surface area contributed by atoms with Crippen LogP contribution in [0.25, 0.3) is 11.3 Å². The van der Waals surface area contributed by atoms with Gasteiger partial charge in [0.2, 0.25) is 11.8 Å². The monoisotopic (exact) mass is 593 g/mol. The number of rotatable bonds is 8. The molecular weight excluding hydrogens is 558 g/mol. The number of likely N-dealkylation sites (tertiary alicyclic amines) is 2. The van der Waals surface area contributed by atoms with E-state index in [0.717, 1.165) is 18.9 Å². The lowest BCUT2D eigenvalue weighted by Crippen LogP contribution is -2.53. The van der Waals surface area contributed by atoms with E-state index in [1.54, 1.807) is 0 Å². The number of aliphatic hydroxyl groups is 1. The number of nitrogens with two attached hydrogens (primary N) is 1. The molecule has 2 unspecified atom stereocenters. The Kier molecular flexibility index (Phi) is 8.70. The van der Waals surface area contributed by atoms with E-state index in [0.29, 0.717) is 37.4 Å². The van der Waals surface area contributed by atoms with Gasteiger partial charge in [-0.05, 0) is 63.2 Å². The molecule has 1 aromatic carbocycles. The fourth-order valence-electron chi connectivity index (χ4n) is 6.08. The van der Waals surface area contributed by atoms with Crippen molar-refractivity contribution < 1.29 is 37.0 Å². The summed E-state index contributed by atoms with van der Waals surface area (Å²) in [7, 11) is 0. The molecule has 3 fully saturated rings. The van der Waals surface area contributed by atoms with E-state index >= 15 is 4.39 Å². The Morgan fingerprint density at radius 2 is 1.83 bits per heavy atom. The maximum absolute atomic E-state index is 15.0. The van der Waals surface area contributed by atoms with E-state index in [-0.39, 0.29) is 56.1 Å². The number of ether oxygens (including phenoxy) is 1. The summed E-state index contributed by atoms with van der Waals surface area (Å²) in [5, 5.41) is 9.84. The lowest BCUT2D eigenvalue weighted by atomic mass is 9.67. The highest BCUT2D eigenvalue weighted by Gasteiger charge is 2.58. The first-order valence-electron chi connectivity index (χ1n) is 14.3. The van der Waals surface area contributed by atoms with Crippen molar-refractivity contribution in [2.45, 2.75) is 63.3 Å². The molecule has 5 rings (SSSR count). The highest BCUT2D eigenvalue weighted by atomic mass is 19.4. The summed E-state index contributed by atoms with van der Waals surface area (Å²) in [5.41, 5.74) is 4.38. The van der Waals surface area contributed by atoms with Gasteiger partial charge in [0.15, 0.2) is 0 Å². The van der Waals surface area contributed by atoms with Crippen LogP contribution in [0, 0.1) is 17.2 Å². The molecule has 42 heavy (non-hydrogen) atoms. The molecule has 13 heteroatoms. The molecule has 2 saturated heterocycles. The Morgan fingerprint density at radius 3 is 2.40 bits per heavy atom. The van der Waals surface area contributed by atoms with Crippen molar-refractivity contribution in [2.24, 2.45) is 17.1 Å². The molecule has 2 atom stereocenters. The summed E-state index contributed by atoms with van der Waals surface area (Å²) >= 11 is 0. The highest BCUT2D eigenvalue weighted by molar-refractivity contribution is 5.98. The van der Waals surface area contributed by atoms with Crippen molar-refractivity contribution in [3.05, 3.63) is 42.0 Å². The number of nitrogens with zero attached hydrogens (tertiary/aromatic N) is 4. The number of halogens is 4. The smallest absolute Gasteiger partial charge is 0.395 e. The number of primary amides is 1. The molecule has 2 aromatic rings. The Balaban J connectivity index is 1.13. The summed E-state index contributed by atoms with van der Waals surface area (Å²) < 4.78 is 61.3. The van der Waals surface area contributed by atoms with Crippen LogP contribution in [0.4, 0.5) is 17.6 Å². The van der Waals surface area contributed by atoms with E-state index in [9.17, 15) is 27.9 Å². The zero-order valence-corrected chi connectivity index (χ0v) is 23.2. The minimum Gasteiger partial charge on any atom is -0.476 e. The maximum atomic E-state index is 15.0. The summed E-state index contributed by atoms with van der Waals surface area (Å²) in [6.07, 6.45) is 0.740. The molecule has 1 aliphatic carbocycles. The highest BCUT2D eigenvalue weighted by Crippen LogP contribution is 2.53. The Bertz CT molecular complexity index is 1280. The summed E-state index contributed by atoms with van der Waals surface area (Å²) in [6, 6.07) is 2.99. The SMILES string of the molecule is NC(=O)C1CC(O)CCN1C(=O)c1ccc(-c2cnc(OCC3CCN(CC4(C(F)(F)F)CCC4)CC3)cn2)cc1F. The summed E-state index contributed by atoms with van der Waals surface area (Å²) in [6.45, 7) is 1.73. The van der Waals surface area contributed by atoms with Crippen molar-refractivity contribution in [1.82, 2.24) is 19.8 Å². The molecule has 0 bridgehead atoms. The van der Waals surface area contributed by atoms with Gasteiger partial charge in [-0.3, -0.25) is 9.59 Å². The Labute approximate surface area is 241 Å². The van der Waals surface area contributed by atoms with Gasteiger partial charge >= 0.3 is 6.18 Å². The van der Waals surface area contributed by atoms with Gasteiger partial charge < -0.3 is 25.4 Å². The molecule has 3 heterocycles. The lowest BCUT2D eigenvalue weighted by Gasteiger charge is -2.47. The molecule has 3 N–H and O–H groups in total. The molecule has 1 saturated carbocycles. The Hall–Kier alpha value is -3.32. The number of hydrogen-bond acceptors (Lipinski definition) is 7. The average molecular weight is 594 g/mol. The number of amides is 2. The number of aromatic nitrogens is 2. The molecule has 2 amide bonds. The normalized spacial score (nSPS) is 23.3. The minimum absolute atomic E-state index is 0.00651. The van der Waals surface area contributed by atoms with Crippen LogP contribution in [0.1, 0.15) is 55.3 Å². The minimum atomic E-state index is -4.16. The van der Waals surface area contributed by atoms with Crippen LogP contribution in [0.15, 0.2) is 30.6 Å². The van der Waals surface area contributed by atoms with Gasteiger partial charge in [0.05, 0.1) is 41.8 Å². The van der Waals surface area contributed by atoms with E-state index in [1.807, 2.05) is 4.90 Å². The third kappa shape index (κ3) is 6.36. The number of hydrogen-bond donors (Lipinski definition) is 2. The molecule has 0 radical (unpaired) electrons. The van der Waals surface area contributed by atoms with Crippen molar-refractivity contribution in [1.29, 1.82) is 0 Å². The molecule has 0 spiro atoms. The van der Waals surface area contributed by atoms with Gasteiger partial charge in [-0.25, -0.2) is 14.4 Å². The second kappa shape index (κ2) is 12.1. The van der Waals surface area contributed by atoms with Crippen LogP contribution >= 0.6 is 0 Å². The lowest BCUT2D eigenvalue weighted by molar-refractivity contribution is -0.256. The van der Waals surface area contributed by atoms with Crippen LogP contribution in [-0.4, -0.2) is 87.8 Å². The van der Waals surface area contributed by atoms with E-state index in [2.05, 4.69) is 9.97 Å². The number of alkyl halides is 3. The van der Waals surface area contributed by atoms with E-state index in [1.165, 1.54) is 29.4 Å². The van der Waals surface area contributed by atoms with Crippen LogP contribution in [0.2, 0.25) is 0 Å². The zero-order valence-electron chi connectivity index (χ0n) is 23.2. The van der Waals surface area contributed by atoms with Crippen LogP contribution < -0.4 is 10.5 Å². The van der Waals surface area contributed by atoms with Crippen molar-refractivity contribution >= 4 is 11.8 Å². The predicted molar refractivity (Wildman–Crippen MR) is 144 cm³/mol. The number of carbonyl (C=O) groups excluding carboxylic acids is 2. The van der Waals surface area contributed by atoms with Gasteiger partial charge in [-0.2, -0.15) is 13.2 Å². The van der Waals surface area contributed by atoms with Gasteiger partial charge in [-0.1, -0.05) is 12.5 Å². The van der Waals surface area contributed by atoms with Gasteiger partial charge in [0, 0.05) is 25.1 Å². The predicted octanol–water partition coefficient (Wildman–Crippen LogP) is 3.56. The second-order valence-electron chi connectivity index (χ2n) is 11.7. The van der Waals surface area contributed by atoms with Crippen LogP contribution in [-0.2, 0) is 4.79 Å². The standard InChI is InChI=1S/C29H35F4N5O4/c30-22-12-19(2-3-21(22)27(41)38-11-6-20(39)13-24(38)26(34)40)23-14-36-25(15-35-23)42-16-18-4-9-37(10-5-18)17-28(7-1-8-28)29(31,32)33/h2-3,12,14-15,18,20,24,39H,1,4-11,13,16-17H2,(H2,34,40). The average Bonchev–Trinajstić information content (AvgIpc) is 2.93. The van der Waals surface area contributed by atoms with Crippen LogP contribution in [0.5, 0.6) is 5.88 Å². The molecule has 3 aliphatic rings. The number of carbonyl (C=O) groups is 2. The fraction of sp³-hybridized carbons (Fsp3) is 0.586. The van der Waals surface area contributed by atoms with Gasteiger partial charge in [-0.15, -0.1) is 0 Å². The first-order valence-corrected chi connectivity index (χ1v) is 14.3. The summed E-state index contributed by atoms with van der Waals surface area (Å²) in [4.78, 5) is 36.4. The van der Waals surface area contributed by atoms with Crippen molar-refractivity contribution in [3.63, 3.8) is 0 Å². The number of aliphatic hydroxyl groups excluding tert-OH is 1. The molecule has 1 aromatic heterocycles. The first kappa shape index (κ1) is 30.1. The largest absolute Gasteiger partial charge is 0.476 e. The second-order valence-corrected chi connectivity index (χ2v) is 11.7. The quantitative estimate of drug-likeness (QED) is 0.449. The Morgan fingerprint density at radius 1 is 1.10 bits per heavy atom. The first-order chi connectivity index (χ1) is 20.0. The molecular formula is C29H35F4N5O4. The van der Waals surface area contributed by atoms with Crippen LogP contribution in [0.3, 0.4) is 0 Å². The molecule has 2 aliphatic heterocycles. The van der Waals surface area contributed by atoms with Crippen molar-refractivity contribution in [3.8, 4) is 17.1 Å². The summed E-state index contributed by atoms with van der Waals surface area (Å²) in [5.74, 6) is -1.76. The van der Waals surface area contributed by atoms with Gasteiger partial charge in [0.25, 0.3) is 5.91 Å². The van der Waals surface area contributed by atoms with Crippen molar-refractivity contribution in [2.75, 3.05) is 32.8 Å². The fourth-order valence-corrected chi connectivity index (χ4v) is 6.08. The molecule has 9 nitrogen and oxygen atoms in total. The third-order valence-corrected chi connectivity index (χ3v) is 8.90. The third-order valence-electron chi connectivity index (χ3n) is 8.90. The van der Waals surface area contributed by atoms with E-state index < -0.39 is 41.4 Å². The molecule has 228 valence electrons. The van der Waals surface area contributed by atoms with Gasteiger partial charge in [0.1, 0.15) is 11.9 Å². The maximum Gasteiger partial charge on any atom is 0.395 e. The number of piperidine rings is 2.